The first-order chi connectivity index (χ1) is 17.7. The molecule has 5 heteroatoms. The minimum atomic E-state index is -1.30. The van der Waals surface area contributed by atoms with Crippen molar-refractivity contribution in [2.45, 2.75) is 106 Å². The van der Waals surface area contributed by atoms with Crippen LogP contribution in [0.2, 0.25) is 0 Å². The Morgan fingerprint density at radius 2 is 1.68 bits per heavy atom. The first kappa shape index (κ1) is 24.4. The Bertz CT molecular complexity index is 1150. The first-order valence-electron chi connectivity index (χ1n) is 14.4. The molecule has 5 aliphatic carbocycles. The lowest BCUT2D eigenvalue weighted by molar-refractivity contribution is -0.209. The largest absolute Gasteiger partial charge is 0.386 e. The minimum absolute atomic E-state index is 0.0791. The van der Waals surface area contributed by atoms with Gasteiger partial charge in [0.05, 0.1) is 18.8 Å². The van der Waals surface area contributed by atoms with Crippen LogP contribution in [0.5, 0.6) is 0 Å². The number of hydrogen-bond acceptors (Lipinski definition) is 5. The van der Waals surface area contributed by atoms with Gasteiger partial charge in [-0.3, -0.25) is 0 Å². The summed E-state index contributed by atoms with van der Waals surface area (Å²) in [4.78, 5) is 0. The number of ether oxygens (including phenoxy) is 2. The van der Waals surface area contributed by atoms with E-state index in [9.17, 15) is 15.3 Å². The van der Waals surface area contributed by atoms with Crippen molar-refractivity contribution in [3.05, 3.63) is 46.5 Å². The summed E-state index contributed by atoms with van der Waals surface area (Å²) in [7, 11) is 0. The summed E-state index contributed by atoms with van der Waals surface area (Å²) in [6.45, 7) is 3.35. The maximum absolute atomic E-state index is 12.1. The van der Waals surface area contributed by atoms with Crippen LogP contribution >= 0.6 is 0 Å². The summed E-state index contributed by atoms with van der Waals surface area (Å²) in [6, 6.07) is 9.12. The van der Waals surface area contributed by atoms with Crippen LogP contribution in [0.15, 0.2) is 35.4 Å². The molecule has 4 saturated carbocycles. The van der Waals surface area contributed by atoms with Crippen molar-refractivity contribution in [1.82, 2.24) is 0 Å². The number of aliphatic hydroxyl groups excluding tert-OH is 1. The summed E-state index contributed by atoms with van der Waals surface area (Å²) in [6.07, 6.45) is 12.7. The second kappa shape index (κ2) is 8.16. The van der Waals surface area contributed by atoms with Gasteiger partial charge < -0.3 is 24.8 Å². The number of fused-ring (bicyclic) bond motifs is 4. The highest BCUT2D eigenvalue weighted by atomic mass is 16.7. The topological polar surface area (TPSA) is 79.2 Å². The molecule has 3 N–H and O–H groups in total. The summed E-state index contributed by atoms with van der Waals surface area (Å²) in [5.41, 5.74) is 2.53. The summed E-state index contributed by atoms with van der Waals surface area (Å²) < 4.78 is 12.1. The van der Waals surface area contributed by atoms with Crippen LogP contribution in [0.4, 0.5) is 0 Å². The molecule has 6 aliphatic rings. The van der Waals surface area contributed by atoms with Crippen molar-refractivity contribution in [2.75, 3.05) is 13.2 Å². The molecule has 1 spiro atoms. The Morgan fingerprint density at radius 1 is 0.973 bits per heavy atom. The smallest absolute Gasteiger partial charge is 0.171 e. The van der Waals surface area contributed by atoms with E-state index < -0.39 is 28.5 Å². The van der Waals surface area contributed by atoms with Crippen LogP contribution in [0.25, 0.3) is 0 Å². The van der Waals surface area contributed by atoms with Crippen LogP contribution in [0, 0.1) is 29.6 Å². The number of rotatable bonds is 3. The van der Waals surface area contributed by atoms with Crippen molar-refractivity contribution in [1.29, 1.82) is 0 Å². The normalized spacial score (nSPS) is 43.2. The van der Waals surface area contributed by atoms with Gasteiger partial charge >= 0.3 is 0 Å². The molecule has 1 saturated heterocycles. The lowest BCUT2D eigenvalue weighted by Crippen LogP contribution is -2.58. The number of benzene rings is 1. The fourth-order valence-electron chi connectivity index (χ4n) is 9.35. The second-order valence-electron chi connectivity index (χ2n) is 13.1. The third-order valence-corrected chi connectivity index (χ3v) is 11.4. The fourth-order valence-corrected chi connectivity index (χ4v) is 9.35. The molecule has 5 nitrogen and oxygen atoms in total. The molecule has 0 amide bonds. The molecule has 1 unspecified atom stereocenters. The average Bonchev–Trinajstić information content (AvgIpc) is 3.60. The summed E-state index contributed by atoms with van der Waals surface area (Å²) in [5, 5.41) is 34.9. The number of terminal acetylenes is 1. The predicted octanol–water partition coefficient (Wildman–Crippen LogP) is 4.56. The van der Waals surface area contributed by atoms with Crippen LogP contribution in [-0.2, 0) is 9.47 Å². The van der Waals surface area contributed by atoms with E-state index in [0.717, 1.165) is 32.1 Å². The Kier molecular flexibility index (Phi) is 5.38. The SMILES string of the molecule is C#CC(O)[C@]1(O)CC[C@H]2[C@@H]3CC[C@@]4(O)CC5(CCC4=C3[C@@H](c3ccc(C4CC4)cc3)C[C@@]21C)OCCO5. The maximum atomic E-state index is 12.1. The molecule has 5 fully saturated rings. The quantitative estimate of drug-likeness (QED) is 0.416. The van der Waals surface area contributed by atoms with Crippen molar-refractivity contribution < 1.29 is 24.8 Å². The van der Waals surface area contributed by atoms with E-state index in [-0.39, 0.29) is 17.8 Å². The zero-order chi connectivity index (χ0) is 25.6. The Balaban J connectivity index is 1.35. The highest BCUT2D eigenvalue weighted by Crippen LogP contribution is 2.68. The van der Waals surface area contributed by atoms with Gasteiger partial charge in [-0.2, -0.15) is 0 Å². The standard InChI is InChI=1S/C32H40O5/c1-3-27(33)32(35)15-12-25-23-10-13-30(34)19-31(36-16-17-37-31)14-11-26(30)28(23)24(18-29(25,32)2)22-8-6-21(7-9-22)20-4-5-20/h1,6-9,20,23-25,27,33-35H,4-5,10-19H2,2H3/t23-,24+,25-,27?,29-,30+,32+/m0/s1. The molecule has 1 aromatic rings. The highest BCUT2D eigenvalue weighted by Gasteiger charge is 2.66. The van der Waals surface area contributed by atoms with E-state index in [0.29, 0.717) is 38.4 Å². The predicted molar refractivity (Wildman–Crippen MR) is 140 cm³/mol. The van der Waals surface area contributed by atoms with E-state index in [2.05, 4.69) is 37.1 Å². The Labute approximate surface area is 220 Å². The Morgan fingerprint density at radius 3 is 2.35 bits per heavy atom. The van der Waals surface area contributed by atoms with Gasteiger partial charge in [0.15, 0.2) is 5.79 Å². The van der Waals surface area contributed by atoms with Crippen molar-refractivity contribution in [3.63, 3.8) is 0 Å². The van der Waals surface area contributed by atoms with Gasteiger partial charge in [-0.25, -0.2) is 0 Å². The molecule has 198 valence electrons. The van der Waals surface area contributed by atoms with Gasteiger partial charge in [-0.15, -0.1) is 6.42 Å². The van der Waals surface area contributed by atoms with Crippen LogP contribution in [-0.4, -0.2) is 51.6 Å². The van der Waals surface area contributed by atoms with Crippen LogP contribution in [0.1, 0.15) is 94.1 Å². The molecule has 1 heterocycles. The zero-order valence-corrected chi connectivity index (χ0v) is 21.9. The molecule has 1 aromatic carbocycles. The fraction of sp³-hybridized carbons (Fsp3) is 0.688. The molecule has 0 aromatic heterocycles. The monoisotopic (exact) mass is 504 g/mol. The van der Waals surface area contributed by atoms with Gasteiger partial charge in [-0.1, -0.05) is 42.7 Å². The summed E-state index contributed by atoms with van der Waals surface area (Å²) in [5.74, 6) is 3.08. The second-order valence-corrected chi connectivity index (χ2v) is 13.1. The maximum Gasteiger partial charge on any atom is 0.171 e. The lowest BCUT2D eigenvalue weighted by Gasteiger charge is -2.58. The Hall–Kier alpha value is -1.68. The van der Waals surface area contributed by atoms with E-state index in [1.165, 1.54) is 35.1 Å². The highest BCUT2D eigenvalue weighted by molar-refractivity contribution is 5.45. The minimum Gasteiger partial charge on any atom is -0.386 e. The van der Waals surface area contributed by atoms with Crippen molar-refractivity contribution >= 4 is 0 Å². The number of aliphatic hydroxyl groups is 3. The molecule has 7 atom stereocenters. The number of allylic oxidation sites excluding steroid dienone is 1. The average molecular weight is 505 g/mol. The molecule has 0 bridgehead atoms. The van der Waals surface area contributed by atoms with Crippen molar-refractivity contribution in [2.24, 2.45) is 17.3 Å². The lowest BCUT2D eigenvalue weighted by atomic mass is 9.49. The molecule has 1 aliphatic heterocycles. The first-order valence-corrected chi connectivity index (χ1v) is 14.4. The van der Waals surface area contributed by atoms with Crippen LogP contribution in [0.3, 0.4) is 0 Å². The van der Waals surface area contributed by atoms with E-state index in [4.69, 9.17) is 15.9 Å². The van der Waals surface area contributed by atoms with E-state index >= 15 is 0 Å². The summed E-state index contributed by atoms with van der Waals surface area (Å²) >= 11 is 0. The van der Waals surface area contributed by atoms with Gasteiger partial charge in [0.25, 0.3) is 0 Å². The third-order valence-electron chi connectivity index (χ3n) is 11.4. The van der Waals surface area contributed by atoms with Gasteiger partial charge in [0, 0.05) is 24.2 Å². The van der Waals surface area contributed by atoms with Gasteiger partial charge in [0.1, 0.15) is 11.7 Å². The third kappa shape index (κ3) is 3.42. The molecular weight excluding hydrogens is 464 g/mol. The van der Waals surface area contributed by atoms with Crippen molar-refractivity contribution in [3.8, 4) is 12.3 Å². The number of hydrogen-bond donors (Lipinski definition) is 3. The van der Waals surface area contributed by atoms with E-state index in [1.807, 2.05) is 0 Å². The van der Waals surface area contributed by atoms with Gasteiger partial charge in [-0.05, 0) is 85.8 Å². The van der Waals surface area contributed by atoms with Crippen LogP contribution < -0.4 is 0 Å². The molecule has 37 heavy (non-hydrogen) atoms. The van der Waals surface area contributed by atoms with E-state index in [1.54, 1.807) is 0 Å². The zero-order valence-electron chi connectivity index (χ0n) is 21.9. The molecule has 0 radical (unpaired) electrons. The van der Waals surface area contributed by atoms with Gasteiger partial charge in [0.2, 0.25) is 0 Å². The molecular formula is C32H40O5. The molecule has 7 rings (SSSR count).